The maximum atomic E-state index is 11.7. The third-order valence-electron chi connectivity index (χ3n) is 2.73. The van der Waals surface area contributed by atoms with Crippen LogP contribution in [-0.2, 0) is 13.2 Å². The third-order valence-corrected chi connectivity index (χ3v) is 3.08. The molecule has 2 aromatic rings. The molecule has 0 saturated heterocycles. The molecular formula is C14H12ClNO5. The van der Waals surface area contributed by atoms with Crippen LogP contribution in [0, 0.1) is 0 Å². The second-order valence-electron chi connectivity index (χ2n) is 4.19. The zero-order valence-electron chi connectivity index (χ0n) is 10.8. The molecule has 0 radical (unpaired) electrons. The van der Waals surface area contributed by atoms with Crippen LogP contribution in [-0.4, -0.2) is 11.0 Å². The van der Waals surface area contributed by atoms with Crippen molar-refractivity contribution in [3.8, 4) is 5.75 Å². The van der Waals surface area contributed by atoms with Gasteiger partial charge in [-0.05, 0) is 12.1 Å². The summed E-state index contributed by atoms with van der Waals surface area (Å²) in [5.41, 5.74) is 5.61. The minimum atomic E-state index is -0.579. The first-order chi connectivity index (χ1) is 10.0. The van der Waals surface area contributed by atoms with E-state index in [0.29, 0.717) is 10.6 Å². The molecule has 1 amide bonds. The van der Waals surface area contributed by atoms with Crippen molar-refractivity contribution in [2.24, 2.45) is 5.73 Å². The molecule has 6 nitrogen and oxygen atoms in total. The van der Waals surface area contributed by atoms with E-state index in [1.807, 2.05) is 0 Å². The number of halogens is 1. The highest BCUT2D eigenvalue weighted by Gasteiger charge is 2.08. The Labute approximate surface area is 124 Å². The maximum absolute atomic E-state index is 11.7. The molecule has 0 atom stereocenters. The number of aliphatic hydroxyl groups excluding tert-OH is 1. The Morgan fingerprint density at radius 1 is 1.38 bits per heavy atom. The standard InChI is InChI=1S/C14H12ClNO5/c15-11-3-8(14(16)19)1-2-9(11)6-21-13-7-20-10(5-17)4-12(13)18/h1-4,7,17H,5-6H2,(H2,16,19). The van der Waals surface area contributed by atoms with E-state index in [-0.39, 0.29) is 30.3 Å². The highest BCUT2D eigenvalue weighted by atomic mass is 35.5. The van der Waals surface area contributed by atoms with E-state index in [9.17, 15) is 9.59 Å². The van der Waals surface area contributed by atoms with E-state index < -0.39 is 11.3 Å². The van der Waals surface area contributed by atoms with Crippen molar-refractivity contribution in [3.63, 3.8) is 0 Å². The quantitative estimate of drug-likeness (QED) is 0.870. The second-order valence-corrected chi connectivity index (χ2v) is 4.60. The van der Waals surface area contributed by atoms with Gasteiger partial charge in [0.25, 0.3) is 0 Å². The molecule has 2 rings (SSSR count). The fourth-order valence-electron chi connectivity index (χ4n) is 1.60. The second kappa shape index (κ2) is 6.43. The number of carbonyl (C=O) groups excluding carboxylic acids is 1. The first-order valence-electron chi connectivity index (χ1n) is 5.95. The zero-order valence-corrected chi connectivity index (χ0v) is 11.6. The summed E-state index contributed by atoms with van der Waals surface area (Å²) in [7, 11) is 0. The molecule has 7 heteroatoms. The predicted molar refractivity (Wildman–Crippen MR) is 75.2 cm³/mol. The van der Waals surface area contributed by atoms with Crippen LogP contribution in [0.1, 0.15) is 21.7 Å². The van der Waals surface area contributed by atoms with Gasteiger partial charge >= 0.3 is 0 Å². The normalized spacial score (nSPS) is 10.4. The van der Waals surface area contributed by atoms with E-state index in [1.165, 1.54) is 12.1 Å². The van der Waals surface area contributed by atoms with Crippen molar-refractivity contribution in [1.29, 1.82) is 0 Å². The van der Waals surface area contributed by atoms with Gasteiger partial charge in [0.1, 0.15) is 25.2 Å². The lowest BCUT2D eigenvalue weighted by Crippen LogP contribution is -2.11. The van der Waals surface area contributed by atoms with Gasteiger partial charge in [0, 0.05) is 22.2 Å². The summed E-state index contributed by atoms with van der Waals surface area (Å²) >= 11 is 6.00. The average Bonchev–Trinajstić information content (AvgIpc) is 2.46. The van der Waals surface area contributed by atoms with E-state index >= 15 is 0 Å². The van der Waals surface area contributed by atoms with Crippen LogP contribution < -0.4 is 15.9 Å². The number of amides is 1. The molecule has 110 valence electrons. The van der Waals surface area contributed by atoms with E-state index in [4.69, 9.17) is 31.6 Å². The van der Waals surface area contributed by atoms with Crippen LogP contribution in [0.4, 0.5) is 0 Å². The van der Waals surface area contributed by atoms with Gasteiger partial charge in [0.15, 0.2) is 0 Å². The van der Waals surface area contributed by atoms with Crippen LogP contribution in [0.2, 0.25) is 5.02 Å². The van der Waals surface area contributed by atoms with E-state index in [0.717, 1.165) is 12.3 Å². The minimum absolute atomic E-state index is 0.00208. The molecule has 0 aliphatic heterocycles. The van der Waals surface area contributed by atoms with Gasteiger partial charge in [-0.1, -0.05) is 17.7 Å². The molecule has 21 heavy (non-hydrogen) atoms. The first-order valence-corrected chi connectivity index (χ1v) is 6.32. The monoisotopic (exact) mass is 309 g/mol. The van der Waals surface area contributed by atoms with Crippen molar-refractivity contribution in [1.82, 2.24) is 0 Å². The topological polar surface area (TPSA) is 103 Å². The van der Waals surface area contributed by atoms with Gasteiger partial charge in [0.2, 0.25) is 17.1 Å². The van der Waals surface area contributed by atoms with Crippen LogP contribution >= 0.6 is 11.6 Å². The molecule has 0 fully saturated rings. The Morgan fingerprint density at radius 2 is 2.14 bits per heavy atom. The molecule has 0 bridgehead atoms. The first kappa shape index (κ1) is 15.1. The fourth-order valence-corrected chi connectivity index (χ4v) is 1.83. The molecule has 1 aromatic heterocycles. The van der Waals surface area contributed by atoms with Crippen molar-refractivity contribution in [2.45, 2.75) is 13.2 Å². The van der Waals surface area contributed by atoms with Crippen molar-refractivity contribution in [3.05, 3.63) is 62.7 Å². The summed E-state index contributed by atoms with van der Waals surface area (Å²) in [4.78, 5) is 22.7. The number of ether oxygens (including phenoxy) is 1. The van der Waals surface area contributed by atoms with E-state index in [1.54, 1.807) is 6.07 Å². The Morgan fingerprint density at radius 3 is 2.71 bits per heavy atom. The van der Waals surface area contributed by atoms with Crippen LogP contribution in [0.3, 0.4) is 0 Å². The number of hydrogen-bond donors (Lipinski definition) is 2. The summed E-state index contributed by atoms with van der Waals surface area (Å²) in [5.74, 6) is -0.428. The van der Waals surface area contributed by atoms with Crippen LogP contribution in [0.25, 0.3) is 0 Å². The summed E-state index contributed by atoms with van der Waals surface area (Å²) in [6, 6.07) is 5.68. The number of nitrogens with two attached hydrogens (primary N) is 1. The van der Waals surface area contributed by atoms with Gasteiger partial charge < -0.3 is 20.0 Å². The summed E-state index contributed by atoms with van der Waals surface area (Å²) in [5, 5.41) is 9.15. The molecule has 1 aromatic carbocycles. The Kier molecular flexibility index (Phi) is 4.62. The van der Waals surface area contributed by atoms with Gasteiger partial charge in [-0.15, -0.1) is 0 Å². The van der Waals surface area contributed by atoms with Crippen molar-refractivity contribution >= 4 is 17.5 Å². The zero-order chi connectivity index (χ0) is 15.4. The van der Waals surface area contributed by atoms with Crippen LogP contribution in [0.15, 0.2) is 39.7 Å². The lowest BCUT2D eigenvalue weighted by atomic mass is 10.1. The maximum Gasteiger partial charge on any atom is 0.248 e. The largest absolute Gasteiger partial charge is 0.482 e. The average molecular weight is 310 g/mol. The molecule has 0 aliphatic rings. The predicted octanol–water partition coefficient (Wildman–Crippen LogP) is 1.46. The third kappa shape index (κ3) is 3.62. The lowest BCUT2D eigenvalue weighted by Gasteiger charge is -2.08. The summed E-state index contributed by atoms with van der Waals surface area (Å²) in [6.07, 6.45) is 1.12. The van der Waals surface area contributed by atoms with E-state index in [2.05, 4.69) is 0 Å². The number of aliphatic hydroxyl groups is 1. The molecule has 1 heterocycles. The van der Waals surface area contributed by atoms with Crippen LogP contribution in [0.5, 0.6) is 5.75 Å². The van der Waals surface area contributed by atoms with Crippen molar-refractivity contribution in [2.75, 3.05) is 0 Å². The van der Waals surface area contributed by atoms with Gasteiger partial charge in [0.05, 0.1) is 0 Å². The van der Waals surface area contributed by atoms with Gasteiger partial charge in [-0.2, -0.15) is 0 Å². The number of carbonyl (C=O) groups is 1. The molecule has 0 spiro atoms. The van der Waals surface area contributed by atoms with Gasteiger partial charge in [-0.25, -0.2) is 0 Å². The lowest BCUT2D eigenvalue weighted by molar-refractivity contribution is 0.1000. The number of rotatable bonds is 5. The fraction of sp³-hybridized carbons (Fsp3) is 0.143. The summed E-state index contributed by atoms with van der Waals surface area (Å²) in [6.45, 7) is -0.336. The SMILES string of the molecule is NC(=O)c1ccc(COc2coc(CO)cc2=O)c(Cl)c1. The highest BCUT2D eigenvalue weighted by molar-refractivity contribution is 6.31. The number of hydrogen-bond acceptors (Lipinski definition) is 5. The minimum Gasteiger partial charge on any atom is -0.482 e. The smallest absolute Gasteiger partial charge is 0.248 e. The molecule has 0 saturated carbocycles. The number of primary amides is 1. The summed E-state index contributed by atoms with van der Waals surface area (Å²) < 4.78 is 10.3. The molecule has 0 unspecified atom stereocenters. The number of benzene rings is 1. The Balaban J connectivity index is 2.13. The molecular weight excluding hydrogens is 298 g/mol. The van der Waals surface area contributed by atoms with Crippen molar-refractivity contribution < 1.29 is 19.1 Å². The molecule has 0 aliphatic carbocycles. The highest BCUT2D eigenvalue weighted by Crippen LogP contribution is 2.19. The Bertz CT molecular complexity index is 726. The Hall–Kier alpha value is -2.31. The molecule has 3 N–H and O–H groups in total. The van der Waals surface area contributed by atoms with Gasteiger partial charge in [-0.3, -0.25) is 9.59 Å².